The molecule has 0 bridgehead atoms. The number of hydrogen-bond acceptors (Lipinski definition) is 2. The van der Waals surface area contributed by atoms with Crippen molar-refractivity contribution in [3.05, 3.63) is 53.0 Å². The number of aryl methyl sites for hydroxylation is 1. The van der Waals surface area contributed by atoms with Crippen LogP contribution in [0.3, 0.4) is 0 Å². The summed E-state index contributed by atoms with van der Waals surface area (Å²) in [5.74, 6) is 2.43. The number of carbonyl (C=O) groups is 1. The van der Waals surface area contributed by atoms with Crippen molar-refractivity contribution in [2.24, 2.45) is 24.8 Å². The topological polar surface area (TPSA) is 35.1 Å². The first-order valence-electron chi connectivity index (χ1n) is 11.3. The van der Waals surface area contributed by atoms with E-state index in [-0.39, 0.29) is 18.6 Å². The van der Waals surface area contributed by atoms with Crippen LogP contribution >= 0.6 is 15.9 Å². The largest absolute Gasteiger partial charge is 0.459 e. The zero-order valence-electron chi connectivity index (χ0n) is 18.8. The van der Waals surface area contributed by atoms with Crippen LogP contribution < -0.4 is 4.57 Å². The van der Waals surface area contributed by atoms with Gasteiger partial charge in [0, 0.05) is 4.47 Å². The van der Waals surface area contributed by atoms with Crippen molar-refractivity contribution >= 4 is 32.9 Å². The summed E-state index contributed by atoms with van der Waals surface area (Å²) in [4.78, 5) is 13.2. The number of aromatic nitrogens is 2. The summed E-state index contributed by atoms with van der Waals surface area (Å²) in [6.45, 7) is 6.96. The Morgan fingerprint density at radius 2 is 1.87 bits per heavy atom. The van der Waals surface area contributed by atoms with Gasteiger partial charge in [-0.25, -0.2) is 13.9 Å². The second-order valence-corrected chi connectivity index (χ2v) is 10.2. The molecule has 1 heterocycles. The second-order valence-electron chi connectivity index (χ2n) is 9.32. The van der Waals surface area contributed by atoms with Gasteiger partial charge in [-0.2, -0.15) is 0 Å². The van der Waals surface area contributed by atoms with Gasteiger partial charge in [0.1, 0.15) is 6.10 Å². The van der Waals surface area contributed by atoms with E-state index in [4.69, 9.17) is 4.74 Å². The van der Waals surface area contributed by atoms with Gasteiger partial charge in [0.25, 0.3) is 5.82 Å². The number of halogens is 1. The Morgan fingerprint density at radius 3 is 2.58 bits per heavy atom. The molecule has 164 valence electrons. The number of hydrogen-bond donors (Lipinski definition) is 0. The molecular formula is C26H32BrN2O2+. The first kappa shape index (κ1) is 22.1. The fourth-order valence-electron chi connectivity index (χ4n) is 5.08. The van der Waals surface area contributed by atoms with Crippen molar-refractivity contribution in [3.8, 4) is 11.4 Å². The molecule has 0 spiro atoms. The zero-order valence-corrected chi connectivity index (χ0v) is 20.4. The minimum Gasteiger partial charge on any atom is -0.459 e. The molecule has 1 aromatic heterocycles. The molecule has 1 fully saturated rings. The quantitative estimate of drug-likeness (QED) is 0.334. The van der Waals surface area contributed by atoms with Crippen molar-refractivity contribution in [1.82, 2.24) is 4.57 Å². The normalized spacial score (nSPS) is 21.5. The lowest BCUT2D eigenvalue weighted by Crippen LogP contribution is -2.37. The van der Waals surface area contributed by atoms with Gasteiger partial charge >= 0.3 is 5.97 Å². The van der Waals surface area contributed by atoms with Crippen LogP contribution in [0.5, 0.6) is 0 Å². The van der Waals surface area contributed by atoms with E-state index in [1.165, 1.54) is 6.42 Å². The molecule has 4 rings (SSSR count). The molecule has 31 heavy (non-hydrogen) atoms. The number of rotatable bonds is 5. The van der Waals surface area contributed by atoms with Gasteiger partial charge in [-0.05, 0) is 67.0 Å². The lowest BCUT2D eigenvalue weighted by Gasteiger charge is -2.36. The zero-order chi connectivity index (χ0) is 22.1. The second kappa shape index (κ2) is 9.15. The van der Waals surface area contributed by atoms with Crippen LogP contribution in [-0.2, 0) is 23.1 Å². The number of carbonyl (C=O) groups excluding carboxylic acids is 1. The number of esters is 1. The molecule has 0 amide bonds. The Kier molecular flexibility index (Phi) is 6.52. The molecule has 5 heteroatoms. The maximum absolute atomic E-state index is 13.2. The van der Waals surface area contributed by atoms with Crippen LogP contribution in [0.4, 0.5) is 0 Å². The molecule has 0 N–H and O–H groups in total. The summed E-state index contributed by atoms with van der Waals surface area (Å²) in [5.41, 5.74) is 3.21. The number of nitrogens with zero attached hydrogens (tertiary/aromatic N) is 2. The third-order valence-electron chi connectivity index (χ3n) is 6.74. The van der Waals surface area contributed by atoms with E-state index in [1.807, 2.05) is 24.3 Å². The minimum absolute atomic E-state index is 0.0166. The van der Waals surface area contributed by atoms with Crippen molar-refractivity contribution < 1.29 is 14.1 Å². The molecule has 0 saturated heterocycles. The first-order chi connectivity index (χ1) is 14.8. The fraction of sp³-hybridized carbons (Fsp3) is 0.462. The molecule has 0 aliphatic heterocycles. The molecule has 2 aromatic carbocycles. The van der Waals surface area contributed by atoms with E-state index in [1.54, 1.807) is 0 Å². The summed E-state index contributed by atoms with van der Waals surface area (Å²) in [7, 11) is 2.05. The highest BCUT2D eigenvalue weighted by molar-refractivity contribution is 9.10. The minimum atomic E-state index is -0.149. The molecule has 4 nitrogen and oxygen atoms in total. The van der Waals surface area contributed by atoms with Gasteiger partial charge < -0.3 is 4.74 Å². The van der Waals surface area contributed by atoms with Crippen molar-refractivity contribution in [2.45, 2.75) is 52.7 Å². The van der Waals surface area contributed by atoms with E-state index in [0.29, 0.717) is 17.8 Å². The van der Waals surface area contributed by atoms with Crippen molar-refractivity contribution in [1.29, 1.82) is 0 Å². The molecular weight excluding hydrogens is 452 g/mol. The molecule has 3 aromatic rings. The number of imidazole rings is 1. The van der Waals surface area contributed by atoms with E-state index in [0.717, 1.165) is 39.7 Å². The standard InChI is InChI=1S/C26H32BrN2O2/c1-17(2)21-14-9-18(3)15-24(21)31-25(30)16-29-23-8-6-5-7-22(23)28(4)26(29)19-10-12-20(27)13-11-19/h5-8,10-13,17-18,21,24H,9,14-16H2,1-4H3/q+1/t18-,21+,24+/m0/s1. The lowest BCUT2D eigenvalue weighted by molar-refractivity contribution is -0.634. The van der Waals surface area contributed by atoms with E-state index in [2.05, 4.69) is 77.1 Å². The Labute approximate surface area is 193 Å². The van der Waals surface area contributed by atoms with Crippen molar-refractivity contribution in [3.63, 3.8) is 0 Å². The van der Waals surface area contributed by atoms with Crippen LogP contribution in [0, 0.1) is 17.8 Å². The Hall–Kier alpha value is -2.14. The smallest absolute Gasteiger partial charge is 0.348 e. The first-order valence-corrected chi connectivity index (χ1v) is 12.1. The predicted molar refractivity (Wildman–Crippen MR) is 127 cm³/mol. The van der Waals surface area contributed by atoms with E-state index < -0.39 is 0 Å². The fourth-order valence-corrected chi connectivity index (χ4v) is 5.34. The van der Waals surface area contributed by atoms with E-state index >= 15 is 0 Å². The maximum Gasteiger partial charge on any atom is 0.348 e. The summed E-state index contributed by atoms with van der Waals surface area (Å²) in [5, 5.41) is 0. The molecule has 1 aliphatic carbocycles. The Morgan fingerprint density at radius 1 is 1.16 bits per heavy atom. The SMILES string of the molecule is CC(C)[C@H]1CC[C@H](C)C[C@H]1OC(=O)Cn1c(-c2ccc(Br)cc2)[n+](C)c2ccccc21. The molecule has 1 aliphatic rings. The highest BCUT2D eigenvalue weighted by Crippen LogP contribution is 2.35. The van der Waals surface area contributed by atoms with Gasteiger partial charge in [0.05, 0.1) is 12.6 Å². The van der Waals surface area contributed by atoms with Gasteiger partial charge in [0.15, 0.2) is 17.6 Å². The summed E-state index contributed by atoms with van der Waals surface area (Å²) >= 11 is 3.52. The van der Waals surface area contributed by atoms with Crippen LogP contribution in [0.2, 0.25) is 0 Å². The summed E-state index contributed by atoms with van der Waals surface area (Å²) in [6.07, 6.45) is 3.35. The molecule has 0 unspecified atom stereocenters. The third kappa shape index (κ3) is 4.57. The highest BCUT2D eigenvalue weighted by atomic mass is 79.9. The molecule has 3 atom stereocenters. The van der Waals surface area contributed by atoms with Gasteiger partial charge in [-0.15, -0.1) is 0 Å². The average Bonchev–Trinajstić information content (AvgIpc) is 3.00. The highest BCUT2D eigenvalue weighted by Gasteiger charge is 2.34. The van der Waals surface area contributed by atoms with Crippen LogP contribution in [0.15, 0.2) is 53.0 Å². The van der Waals surface area contributed by atoms with Gasteiger partial charge in [0.2, 0.25) is 0 Å². The lowest BCUT2D eigenvalue weighted by atomic mass is 9.75. The third-order valence-corrected chi connectivity index (χ3v) is 7.27. The van der Waals surface area contributed by atoms with Gasteiger partial charge in [-0.3, -0.25) is 0 Å². The number of fused-ring (bicyclic) bond motifs is 1. The molecule has 0 radical (unpaired) electrons. The van der Waals surface area contributed by atoms with E-state index in [9.17, 15) is 4.79 Å². The summed E-state index contributed by atoms with van der Waals surface area (Å²) < 4.78 is 11.4. The van der Waals surface area contributed by atoms with Crippen LogP contribution in [0.25, 0.3) is 22.4 Å². The van der Waals surface area contributed by atoms with Gasteiger partial charge in [-0.1, -0.05) is 55.3 Å². The number of para-hydroxylation sites is 2. The number of benzene rings is 2. The van der Waals surface area contributed by atoms with Crippen LogP contribution in [-0.4, -0.2) is 16.6 Å². The van der Waals surface area contributed by atoms with Crippen LogP contribution in [0.1, 0.15) is 40.0 Å². The van der Waals surface area contributed by atoms with Crippen molar-refractivity contribution in [2.75, 3.05) is 0 Å². The average molecular weight is 484 g/mol. The maximum atomic E-state index is 13.2. The Balaban J connectivity index is 1.67. The Bertz CT molecular complexity index is 1070. The predicted octanol–water partition coefficient (Wildman–Crippen LogP) is 5.90. The number of ether oxygens (including phenoxy) is 1. The monoisotopic (exact) mass is 483 g/mol. The molecule has 1 saturated carbocycles. The summed E-state index contributed by atoms with van der Waals surface area (Å²) in [6, 6.07) is 16.5.